The summed E-state index contributed by atoms with van der Waals surface area (Å²) in [5.74, 6) is -3.13. The van der Waals surface area contributed by atoms with Crippen LogP contribution in [-0.4, -0.2) is 55.8 Å². The summed E-state index contributed by atoms with van der Waals surface area (Å²) in [6, 6.07) is 3.72. The number of nitrogens with zero attached hydrogens (tertiary/aromatic N) is 6. The number of alkyl halides is 2. The fourth-order valence-corrected chi connectivity index (χ4v) is 5.47. The number of hydrogen-bond acceptors (Lipinski definition) is 6. The third-order valence-electron chi connectivity index (χ3n) is 7.64. The number of halogens is 2. The number of aromatic nitrogens is 5. The van der Waals surface area contributed by atoms with Crippen molar-refractivity contribution < 1.29 is 18.3 Å². The molecule has 1 saturated carbocycles. The largest absolute Gasteiger partial charge is 0.375 e. The maximum Gasteiger partial charge on any atom is 0.258 e. The number of pyridine rings is 1. The van der Waals surface area contributed by atoms with Crippen molar-refractivity contribution in [1.82, 2.24) is 29.6 Å². The lowest BCUT2D eigenvalue weighted by Gasteiger charge is -2.22. The highest BCUT2D eigenvalue weighted by Crippen LogP contribution is 2.59. The lowest BCUT2D eigenvalue weighted by atomic mass is 10.2. The van der Waals surface area contributed by atoms with Crippen molar-refractivity contribution in [1.29, 1.82) is 0 Å². The lowest BCUT2D eigenvalue weighted by molar-refractivity contribution is 0.0796. The molecule has 3 aliphatic rings. The molecular weight excluding hydrogens is 468 g/mol. The number of hydrogen-bond donors (Lipinski definition) is 1. The van der Waals surface area contributed by atoms with Crippen LogP contribution < -0.4 is 10.2 Å². The fraction of sp³-hybridized carbons (Fsp3) is 0.520. The number of fused-ring (bicyclic) bond motifs is 2. The molecule has 3 atom stereocenters. The summed E-state index contributed by atoms with van der Waals surface area (Å²) in [6.07, 6.45) is 6.79. The Bertz CT molecular complexity index is 1290. The Morgan fingerprint density at radius 2 is 2.08 bits per heavy atom. The third-order valence-corrected chi connectivity index (χ3v) is 7.64. The van der Waals surface area contributed by atoms with Crippen LogP contribution in [0.5, 0.6) is 0 Å². The molecule has 0 radical (unpaired) electrons. The highest BCUT2D eigenvalue weighted by Gasteiger charge is 2.71. The van der Waals surface area contributed by atoms with Gasteiger partial charge in [0.15, 0.2) is 0 Å². The fourth-order valence-electron chi connectivity index (χ4n) is 5.47. The monoisotopic (exact) mass is 497 g/mol. The molecule has 9 nitrogen and oxygen atoms in total. The van der Waals surface area contributed by atoms with Crippen molar-refractivity contribution in [3.63, 3.8) is 0 Å². The molecule has 4 heterocycles. The van der Waals surface area contributed by atoms with Crippen molar-refractivity contribution in [2.75, 3.05) is 24.6 Å². The quantitative estimate of drug-likeness (QED) is 0.515. The van der Waals surface area contributed by atoms with Gasteiger partial charge >= 0.3 is 0 Å². The molecule has 1 amide bonds. The molecular formula is C25H29F2N7O2. The average Bonchev–Trinajstić information content (AvgIpc) is 3.50. The number of piperidine rings is 1. The summed E-state index contributed by atoms with van der Waals surface area (Å²) >= 11 is 0. The van der Waals surface area contributed by atoms with Gasteiger partial charge in [-0.2, -0.15) is 5.10 Å². The van der Waals surface area contributed by atoms with Gasteiger partial charge in [-0.1, -0.05) is 6.07 Å². The minimum Gasteiger partial charge on any atom is -0.375 e. The van der Waals surface area contributed by atoms with Crippen molar-refractivity contribution in [3.05, 3.63) is 59.1 Å². The first-order chi connectivity index (χ1) is 17.3. The topological polar surface area (TPSA) is 90.1 Å². The molecule has 0 aromatic carbocycles. The van der Waals surface area contributed by atoms with E-state index in [4.69, 9.17) is 9.72 Å². The van der Waals surface area contributed by atoms with Gasteiger partial charge in [-0.15, -0.1) is 0 Å². The van der Waals surface area contributed by atoms with Crippen LogP contribution in [-0.2, 0) is 31.4 Å². The van der Waals surface area contributed by atoms with E-state index in [-0.39, 0.29) is 11.9 Å². The van der Waals surface area contributed by atoms with E-state index in [9.17, 15) is 13.6 Å². The van der Waals surface area contributed by atoms with Crippen LogP contribution in [0.4, 0.5) is 14.6 Å². The summed E-state index contributed by atoms with van der Waals surface area (Å²) < 4.78 is 36.6. The van der Waals surface area contributed by atoms with Crippen LogP contribution in [0.15, 0.2) is 30.9 Å². The standard InChI is InChI=1S/C25H29F2N7O2/c1-3-36-13-20-15(4-7-22(30-20)33-11-17-18(12-33)25(17,26)27)9-34-10-16(8-29-34)24(35)31-19-5-6-21-23(19)28-14-32(21)2/h4,7-8,10,14,17-19H,3,5-6,9,11-13H2,1-2H3,(H,31,35)/t17?,18?,19-/m1/s1. The zero-order valence-electron chi connectivity index (χ0n) is 20.3. The third kappa shape index (κ3) is 3.95. The second-order valence-corrected chi connectivity index (χ2v) is 9.88. The molecule has 2 fully saturated rings. The first-order valence-corrected chi connectivity index (χ1v) is 12.4. The smallest absolute Gasteiger partial charge is 0.258 e. The Morgan fingerprint density at radius 3 is 2.86 bits per heavy atom. The Hall–Kier alpha value is -3.34. The van der Waals surface area contributed by atoms with Gasteiger partial charge in [0.25, 0.3) is 11.8 Å². The summed E-state index contributed by atoms with van der Waals surface area (Å²) in [7, 11) is 1.97. The Labute approximate surface area is 207 Å². The van der Waals surface area contributed by atoms with Crippen LogP contribution in [0.3, 0.4) is 0 Å². The first-order valence-electron chi connectivity index (χ1n) is 12.4. The summed E-state index contributed by atoms with van der Waals surface area (Å²) in [6.45, 7) is 3.85. The maximum absolute atomic E-state index is 13.6. The van der Waals surface area contributed by atoms with Gasteiger partial charge in [-0.25, -0.2) is 18.7 Å². The highest BCUT2D eigenvalue weighted by atomic mass is 19.3. The van der Waals surface area contributed by atoms with E-state index in [0.717, 1.165) is 35.5 Å². The molecule has 0 bridgehead atoms. The molecule has 1 aliphatic heterocycles. The summed E-state index contributed by atoms with van der Waals surface area (Å²) in [5.41, 5.74) is 4.23. The molecule has 0 spiro atoms. The second kappa shape index (κ2) is 8.65. The molecule has 3 aromatic heterocycles. The molecule has 190 valence electrons. The predicted octanol–water partition coefficient (Wildman–Crippen LogP) is 2.72. The maximum atomic E-state index is 13.6. The molecule has 3 aromatic rings. The Morgan fingerprint density at radius 1 is 1.28 bits per heavy atom. The van der Waals surface area contributed by atoms with E-state index in [1.165, 1.54) is 0 Å². The van der Waals surface area contributed by atoms with E-state index >= 15 is 0 Å². The number of anilines is 1. The van der Waals surface area contributed by atoms with Gasteiger partial charge in [-0.05, 0) is 31.4 Å². The number of carbonyl (C=O) groups excluding carboxylic acids is 1. The molecule has 36 heavy (non-hydrogen) atoms. The van der Waals surface area contributed by atoms with Crippen LogP contribution in [0.25, 0.3) is 0 Å². The van der Waals surface area contributed by atoms with E-state index in [2.05, 4.69) is 15.4 Å². The van der Waals surface area contributed by atoms with Crippen molar-refractivity contribution in [2.24, 2.45) is 18.9 Å². The summed E-state index contributed by atoms with van der Waals surface area (Å²) in [5, 5.41) is 7.46. The number of carbonyl (C=O) groups is 1. The van der Waals surface area contributed by atoms with Gasteiger partial charge in [0, 0.05) is 38.6 Å². The van der Waals surface area contributed by atoms with E-state index in [0.29, 0.717) is 44.2 Å². The minimum atomic E-state index is -2.52. The van der Waals surface area contributed by atoms with Gasteiger partial charge in [0.2, 0.25) is 0 Å². The van der Waals surface area contributed by atoms with Crippen molar-refractivity contribution >= 4 is 11.7 Å². The number of aryl methyl sites for hydroxylation is 1. The predicted molar refractivity (Wildman–Crippen MR) is 127 cm³/mol. The van der Waals surface area contributed by atoms with Crippen LogP contribution in [0.1, 0.15) is 52.4 Å². The molecule has 2 aliphatic carbocycles. The Kier molecular flexibility index (Phi) is 5.55. The van der Waals surface area contributed by atoms with E-state index < -0.39 is 17.8 Å². The normalized spacial score (nSPS) is 23.6. The van der Waals surface area contributed by atoms with E-state index in [1.807, 2.05) is 35.6 Å². The van der Waals surface area contributed by atoms with Gasteiger partial charge in [0.05, 0.1) is 60.5 Å². The zero-order valence-corrected chi connectivity index (χ0v) is 20.3. The minimum absolute atomic E-state index is 0.0943. The van der Waals surface area contributed by atoms with Gasteiger partial charge in [-0.3, -0.25) is 9.48 Å². The van der Waals surface area contributed by atoms with Crippen LogP contribution in [0.2, 0.25) is 0 Å². The average molecular weight is 498 g/mol. The number of nitrogens with one attached hydrogen (secondary N) is 1. The van der Waals surface area contributed by atoms with Crippen LogP contribution in [0, 0.1) is 11.8 Å². The molecule has 2 unspecified atom stereocenters. The van der Waals surface area contributed by atoms with Crippen LogP contribution >= 0.6 is 0 Å². The molecule has 11 heteroatoms. The number of ether oxygens (including phenoxy) is 1. The summed E-state index contributed by atoms with van der Waals surface area (Å²) in [4.78, 5) is 24.0. The molecule has 1 N–H and O–H groups in total. The lowest BCUT2D eigenvalue weighted by Crippen LogP contribution is -2.28. The van der Waals surface area contributed by atoms with Gasteiger partial charge < -0.3 is 19.5 Å². The number of imidazole rings is 1. The molecule has 1 saturated heterocycles. The SMILES string of the molecule is CCOCc1nc(N2CC3C(C2)C3(F)F)ccc1Cn1cc(C(=O)N[C@@H]2CCc3c2ncn3C)cn1. The Balaban J connectivity index is 1.14. The first kappa shape index (κ1) is 23.1. The zero-order chi connectivity index (χ0) is 25.0. The van der Waals surface area contributed by atoms with Crippen molar-refractivity contribution in [2.45, 2.75) is 44.9 Å². The van der Waals surface area contributed by atoms with E-state index in [1.54, 1.807) is 23.4 Å². The van der Waals surface area contributed by atoms with Gasteiger partial charge in [0.1, 0.15) is 5.82 Å². The number of rotatable bonds is 8. The highest BCUT2D eigenvalue weighted by molar-refractivity contribution is 5.94. The second-order valence-electron chi connectivity index (χ2n) is 9.88. The molecule has 6 rings (SSSR count). The number of amides is 1. The van der Waals surface area contributed by atoms with Crippen molar-refractivity contribution in [3.8, 4) is 0 Å².